The van der Waals surface area contributed by atoms with Gasteiger partial charge in [0.2, 0.25) is 0 Å². The van der Waals surface area contributed by atoms with E-state index >= 15 is 0 Å². The molecule has 0 unspecified atom stereocenters. The number of pyridine rings is 2. The topological polar surface area (TPSA) is 56.5 Å². The lowest BCUT2D eigenvalue weighted by Crippen LogP contribution is -2.04. The molecule has 0 radical (unpaired) electrons. The first kappa shape index (κ1) is 21.2. The van der Waals surface area contributed by atoms with Crippen LogP contribution in [-0.2, 0) is 6.61 Å². The first-order valence-corrected chi connectivity index (χ1v) is 10.9. The van der Waals surface area contributed by atoms with Gasteiger partial charge in [-0.1, -0.05) is 6.07 Å². The summed E-state index contributed by atoms with van der Waals surface area (Å²) in [6.07, 6.45) is 8.02. The molecule has 7 heteroatoms. The Labute approximate surface area is 190 Å². The normalized spacial score (nSPS) is 13.5. The van der Waals surface area contributed by atoms with Gasteiger partial charge in [0.05, 0.1) is 17.0 Å². The Bertz CT molecular complexity index is 1360. The van der Waals surface area contributed by atoms with Crippen LogP contribution in [0.5, 0.6) is 5.75 Å². The monoisotopic (exact) mass is 447 g/mol. The van der Waals surface area contributed by atoms with Gasteiger partial charge in [-0.2, -0.15) is 0 Å². The number of aromatic nitrogens is 3. The number of carbonyl (C=O) groups is 1. The maximum atomic E-state index is 14.0. The molecule has 0 atom stereocenters. The number of nitrogens with zero attached hydrogens (tertiary/aromatic N) is 3. The lowest BCUT2D eigenvalue weighted by atomic mass is 10.0. The highest BCUT2D eigenvalue weighted by molar-refractivity contribution is 5.97. The zero-order valence-corrected chi connectivity index (χ0v) is 18.4. The van der Waals surface area contributed by atoms with Crippen LogP contribution in [0.15, 0.2) is 48.9 Å². The van der Waals surface area contributed by atoms with E-state index in [-0.39, 0.29) is 18.0 Å². The molecule has 5 rings (SSSR count). The first-order chi connectivity index (χ1) is 15.9. The molecule has 1 fully saturated rings. The summed E-state index contributed by atoms with van der Waals surface area (Å²) in [5.41, 5.74) is 4.18. The Morgan fingerprint density at radius 1 is 1.15 bits per heavy atom. The van der Waals surface area contributed by atoms with Gasteiger partial charge in [-0.3, -0.25) is 14.2 Å². The third-order valence-corrected chi connectivity index (χ3v) is 5.94. The number of ketones is 1. The third kappa shape index (κ3) is 4.23. The van der Waals surface area contributed by atoms with E-state index < -0.39 is 11.6 Å². The van der Waals surface area contributed by atoms with Gasteiger partial charge < -0.3 is 4.74 Å². The van der Waals surface area contributed by atoms with Crippen LogP contribution < -0.4 is 4.74 Å². The highest BCUT2D eigenvalue weighted by atomic mass is 19.1. The Hall–Kier alpha value is -3.61. The third-order valence-electron chi connectivity index (χ3n) is 5.94. The predicted molar refractivity (Wildman–Crippen MR) is 120 cm³/mol. The number of benzene rings is 1. The van der Waals surface area contributed by atoms with Crippen LogP contribution in [-0.4, -0.2) is 20.2 Å². The number of halogens is 2. The van der Waals surface area contributed by atoms with Crippen molar-refractivity contribution in [3.05, 3.63) is 82.9 Å². The van der Waals surface area contributed by atoms with Gasteiger partial charge in [0.15, 0.2) is 17.2 Å². The summed E-state index contributed by atoms with van der Waals surface area (Å²) in [6.45, 7) is 3.52. The standard InChI is InChI=1S/C26H23F2N3O2/c1-15-8-24(33-14-20-21(27)4-3-5-22(20)28)26-30-16(2)25(31(26)13-15)19-10-18(11-29-12-19)23(32)9-17-6-7-17/h3-5,8,10-13,17H,6-7,9,14H2,1-2H3. The number of Topliss-reactive ketones (excluding diaryl/α,β-unsaturated/α-hetero) is 1. The summed E-state index contributed by atoms with van der Waals surface area (Å²) in [4.78, 5) is 21.6. The molecule has 1 saturated carbocycles. The van der Waals surface area contributed by atoms with E-state index in [1.807, 2.05) is 30.5 Å². The van der Waals surface area contributed by atoms with Gasteiger partial charge >= 0.3 is 0 Å². The van der Waals surface area contributed by atoms with Crippen molar-refractivity contribution < 1.29 is 18.3 Å². The van der Waals surface area contributed by atoms with Crippen LogP contribution in [0.4, 0.5) is 8.78 Å². The quantitative estimate of drug-likeness (QED) is 0.333. The molecule has 168 valence electrons. The average Bonchev–Trinajstić information content (AvgIpc) is 3.53. The van der Waals surface area contributed by atoms with Crippen LogP contribution in [0.25, 0.3) is 16.9 Å². The van der Waals surface area contributed by atoms with Gasteiger partial charge in [0, 0.05) is 36.1 Å². The summed E-state index contributed by atoms with van der Waals surface area (Å²) in [5, 5.41) is 0. The van der Waals surface area contributed by atoms with E-state index in [9.17, 15) is 13.6 Å². The van der Waals surface area contributed by atoms with Crippen molar-refractivity contribution in [3.63, 3.8) is 0 Å². The molecule has 0 aliphatic heterocycles. The van der Waals surface area contributed by atoms with E-state index in [1.165, 1.54) is 18.2 Å². The van der Waals surface area contributed by atoms with Crippen molar-refractivity contribution in [1.82, 2.24) is 14.4 Å². The average molecular weight is 447 g/mol. The van der Waals surface area contributed by atoms with E-state index in [2.05, 4.69) is 9.97 Å². The number of imidazole rings is 1. The second-order valence-corrected chi connectivity index (χ2v) is 8.64. The van der Waals surface area contributed by atoms with Crippen molar-refractivity contribution in [3.8, 4) is 17.0 Å². The lowest BCUT2D eigenvalue weighted by molar-refractivity contribution is 0.0975. The molecule has 1 aromatic carbocycles. The minimum Gasteiger partial charge on any atom is -0.485 e. The number of aryl methyl sites for hydroxylation is 2. The fourth-order valence-electron chi connectivity index (χ4n) is 4.06. The van der Waals surface area contributed by atoms with E-state index in [1.54, 1.807) is 18.5 Å². The second-order valence-electron chi connectivity index (χ2n) is 8.64. The zero-order chi connectivity index (χ0) is 23.1. The van der Waals surface area contributed by atoms with Crippen LogP contribution in [0, 0.1) is 31.4 Å². The number of hydrogen-bond acceptors (Lipinski definition) is 4. The Morgan fingerprint density at radius 3 is 2.64 bits per heavy atom. The van der Waals surface area contributed by atoms with Crippen LogP contribution >= 0.6 is 0 Å². The maximum absolute atomic E-state index is 14.0. The fraction of sp³-hybridized carbons (Fsp3) is 0.269. The second kappa shape index (κ2) is 8.39. The predicted octanol–water partition coefficient (Wildman–Crippen LogP) is 5.85. The SMILES string of the molecule is Cc1cc(OCc2c(F)cccc2F)c2nc(C)c(-c3cncc(C(=O)CC4CC4)c3)n2c1. The summed E-state index contributed by atoms with van der Waals surface area (Å²) < 4.78 is 35.8. The van der Waals surface area contributed by atoms with Crippen molar-refractivity contribution in [1.29, 1.82) is 0 Å². The summed E-state index contributed by atoms with van der Waals surface area (Å²) in [6, 6.07) is 7.37. The van der Waals surface area contributed by atoms with Crippen molar-refractivity contribution in [2.45, 2.75) is 39.7 Å². The molecule has 33 heavy (non-hydrogen) atoms. The number of rotatable bonds is 7. The molecule has 0 amide bonds. The van der Waals surface area contributed by atoms with Crippen molar-refractivity contribution >= 4 is 11.4 Å². The summed E-state index contributed by atoms with van der Waals surface area (Å²) >= 11 is 0. The van der Waals surface area contributed by atoms with E-state index in [0.717, 1.165) is 35.4 Å². The molecule has 0 saturated heterocycles. The molecule has 3 heterocycles. The highest BCUT2D eigenvalue weighted by Crippen LogP contribution is 2.34. The molecular formula is C26H23F2N3O2. The molecule has 1 aliphatic rings. The molecule has 5 nitrogen and oxygen atoms in total. The number of carbonyl (C=O) groups excluding carboxylic acids is 1. The minimum atomic E-state index is -0.655. The number of ether oxygens (including phenoxy) is 1. The smallest absolute Gasteiger partial charge is 0.180 e. The molecule has 4 aromatic rings. The fourth-order valence-corrected chi connectivity index (χ4v) is 4.06. The minimum absolute atomic E-state index is 0.102. The first-order valence-electron chi connectivity index (χ1n) is 10.9. The van der Waals surface area contributed by atoms with Gasteiger partial charge in [-0.15, -0.1) is 0 Å². The van der Waals surface area contributed by atoms with Crippen LogP contribution in [0.1, 0.15) is 46.4 Å². The summed E-state index contributed by atoms with van der Waals surface area (Å²) in [5.74, 6) is -0.290. The van der Waals surface area contributed by atoms with Gasteiger partial charge in [-0.25, -0.2) is 13.8 Å². The van der Waals surface area contributed by atoms with Gasteiger partial charge in [-0.05, 0) is 62.4 Å². The van der Waals surface area contributed by atoms with Gasteiger partial charge in [0.1, 0.15) is 18.2 Å². The Kier molecular flexibility index (Phi) is 5.40. The van der Waals surface area contributed by atoms with Crippen LogP contribution in [0.2, 0.25) is 0 Å². The molecule has 1 aliphatic carbocycles. The lowest BCUT2D eigenvalue weighted by Gasteiger charge is -2.11. The molecule has 0 N–H and O–H groups in total. The Balaban J connectivity index is 1.52. The van der Waals surface area contributed by atoms with Crippen molar-refractivity contribution in [2.24, 2.45) is 5.92 Å². The van der Waals surface area contributed by atoms with Crippen LogP contribution in [0.3, 0.4) is 0 Å². The Morgan fingerprint density at radius 2 is 1.91 bits per heavy atom. The number of fused-ring (bicyclic) bond motifs is 1. The zero-order valence-electron chi connectivity index (χ0n) is 18.4. The summed E-state index contributed by atoms with van der Waals surface area (Å²) in [7, 11) is 0. The van der Waals surface area contributed by atoms with E-state index in [4.69, 9.17) is 4.74 Å². The molecule has 0 bridgehead atoms. The van der Waals surface area contributed by atoms with E-state index in [0.29, 0.717) is 29.3 Å². The van der Waals surface area contributed by atoms with Gasteiger partial charge in [0.25, 0.3) is 0 Å². The number of hydrogen-bond donors (Lipinski definition) is 0. The molecular weight excluding hydrogens is 424 g/mol. The molecule has 0 spiro atoms. The largest absolute Gasteiger partial charge is 0.485 e. The van der Waals surface area contributed by atoms with Crippen molar-refractivity contribution in [2.75, 3.05) is 0 Å². The molecule has 3 aromatic heterocycles. The maximum Gasteiger partial charge on any atom is 0.180 e. The highest BCUT2D eigenvalue weighted by Gasteiger charge is 2.25.